The number of rotatable bonds is 11. The predicted molar refractivity (Wildman–Crippen MR) is 160 cm³/mol. The van der Waals surface area contributed by atoms with E-state index in [1.165, 1.54) is 24.0 Å². The van der Waals surface area contributed by atoms with Crippen molar-refractivity contribution >= 4 is 22.3 Å². The Morgan fingerprint density at radius 3 is 2.40 bits per heavy atom. The lowest BCUT2D eigenvalue weighted by atomic mass is 10.1. The topological polar surface area (TPSA) is 161 Å². The van der Waals surface area contributed by atoms with Crippen molar-refractivity contribution in [3.63, 3.8) is 0 Å². The van der Waals surface area contributed by atoms with Crippen LogP contribution in [-0.2, 0) is 30.4 Å². The predicted octanol–water partition coefficient (Wildman–Crippen LogP) is 4.61. The van der Waals surface area contributed by atoms with Crippen LogP contribution in [0.1, 0.15) is 44.9 Å². The number of alkyl halides is 3. The van der Waals surface area contributed by atoms with Gasteiger partial charge in [-0.2, -0.15) is 22.9 Å². The van der Waals surface area contributed by atoms with Crippen LogP contribution in [0.4, 0.5) is 22.8 Å². The summed E-state index contributed by atoms with van der Waals surface area (Å²) >= 11 is 0. The van der Waals surface area contributed by atoms with Gasteiger partial charge in [0.15, 0.2) is 5.69 Å². The van der Waals surface area contributed by atoms with Gasteiger partial charge in [-0.1, -0.05) is 29.8 Å². The molecule has 0 radical (unpaired) electrons. The quantitative estimate of drug-likeness (QED) is 0.172. The molecule has 2 atom stereocenters. The Morgan fingerprint density at radius 2 is 1.75 bits per heavy atom. The second-order valence-corrected chi connectivity index (χ2v) is 12.8. The molecule has 48 heavy (non-hydrogen) atoms. The zero-order valence-electron chi connectivity index (χ0n) is 26.2. The molecular formula is C29H33F3N6O9S. The van der Waals surface area contributed by atoms with Crippen molar-refractivity contribution in [3.05, 3.63) is 65.9 Å². The van der Waals surface area contributed by atoms with Crippen LogP contribution in [-0.4, -0.2) is 72.0 Å². The third-order valence-corrected chi connectivity index (χ3v) is 8.35. The van der Waals surface area contributed by atoms with Crippen LogP contribution in [0.3, 0.4) is 0 Å². The first-order chi connectivity index (χ1) is 22.6. The van der Waals surface area contributed by atoms with Crippen molar-refractivity contribution in [2.75, 3.05) is 18.2 Å². The van der Waals surface area contributed by atoms with Crippen LogP contribution < -0.4 is 14.6 Å². The lowest BCUT2D eigenvalue weighted by Gasteiger charge is -2.20. The summed E-state index contributed by atoms with van der Waals surface area (Å²) in [6.45, 7) is 6.91. The van der Waals surface area contributed by atoms with Crippen LogP contribution in [0.2, 0.25) is 0 Å². The highest BCUT2D eigenvalue weighted by molar-refractivity contribution is 7.90. The molecule has 2 aromatic heterocycles. The molecule has 3 heterocycles. The number of hydrogen-bond acceptors (Lipinski definition) is 11. The number of nitrogens with one attached hydrogen (secondary N) is 1. The van der Waals surface area contributed by atoms with E-state index in [0.717, 1.165) is 33.5 Å². The van der Waals surface area contributed by atoms with Gasteiger partial charge in [0.05, 0.1) is 33.4 Å². The smallest absolute Gasteiger partial charge is 0.447 e. The molecular weight excluding hydrogens is 665 g/mol. The number of amides is 1. The Labute approximate surface area is 272 Å². The van der Waals surface area contributed by atoms with Gasteiger partial charge in [-0.3, -0.25) is 5.01 Å². The molecule has 1 saturated heterocycles. The Morgan fingerprint density at radius 1 is 1.06 bits per heavy atom. The van der Waals surface area contributed by atoms with Crippen LogP contribution in [0, 0.1) is 6.92 Å². The Kier molecular flexibility index (Phi) is 9.69. The summed E-state index contributed by atoms with van der Waals surface area (Å²) in [7, 11) is -4.41. The SMILES string of the molecule is Cc1ccc(-c2cc(C(F)(F)F)nn2-c2ccc(S(=O)(=O)NC(=O)OC[C@@H]3CCCN3n3on3OC(C)OC(=O)OC(C)C)cc2)cc1. The largest absolute Gasteiger partial charge is 0.511 e. The van der Waals surface area contributed by atoms with Crippen molar-refractivity contribution in [1.82, 2.24) is 24.5 Å². The first-order valence-corrected chi connectivity index (χ1v) is 16.2. The number of hydrogen-bond donors (Lipinski definition) is 1. The second-order valence-electron chi connectivity index (χ2n) is 11.1. The standard InChI is InChI=1S/C29H33F3N6O9S/c1-18(2)44-28(40)45-20(4)46-38-37(47-38)35-15-5-6-23(35)17-43-27(39)34-48(41,42)24-13-11-22(12-14-24)36-25(16-26(33-36)29(30,31)32)21-9-7-19(3)8-10-21/h7-14,16,18,20,23H,5-6,15,17H2,1-4H3,(H,34,39)/t20?,23-,37?,38?/m0/s1. The summed E-state index contributed by atoms with van der Waals surface area (Å²) in [5.41, 5.74) is 0.589. The fourth-order valence-corrected chi connectivity index (χ4v) is 5.64. The summed E-state index contributed by atoms with van der Waals surface area (Å²) in [5, 5.41) is 6.34. The molecule has 2 aromatic carbocycles. The van der Waals surface area contributed by atoms with Gasteiger partial charge in [-0.25, -0.2) is 27.4 Å². The highest BCUT2D eigenvalue weighted by Crippen LogP contribution is 2.33. The number of ether oxygens (including phenoxy) is 3. The molecule has 1 aliphatic heterocycles. The number of carbonyl (C=O) groups excluding carboxylic acids is 2. The molecule has 0 saturated carbocycles. The number of aryl methyl sites for hydroxylation is 1. The number of benzene rings is 2. The summed E-state index contributed by atoms with van der Waals surface area (Å²) in [6, 6.07) is 12.2. The minimum atomic E-state index is -4.71. The van der Waals surface area contributed by atoms with Crippen LogP contribution in [0.15, 0.2) is 64.1 Å². The Bertz CT molecular complexity index is 1830. The first kappa shape index (κ1) is 34.3. The zero-order chi connectivity index (χ0) is 34.8. The lowest BCUT2D eigenvalue weighted by Crippen LogP contribution is -2.42. The van der Waals surface area contributed by atoms with E-state index in [1.54, 1.807) is 43.1 Å². The minimum Gasteiger partial charge on any atom is -0.447 e. The zero-order valence-corrected chi connectivity index (χ0v) is 27.0. The molecule has 1 fully saturated rings. The number of carbonyl (C=O) groups is 2. The van der Waals surface area contributed by atoms with E-state index in [9.17, 15) is 31.2 Å². The maximum absolute atomic E-state index is 13.5. The van der Waals surface area contributed by atoms with E-state index < -0.39 is 46.5 Å². The summed E-state index contributed by atoms with van der Waals surface area (Å²) < 4.78 is 89.6. The Hall–Kier alpha value is -5.07. The number of sulfonamides is 1. The second kappa shape index (κ2) is 13.6. The van der Waals surface area contributed by atoms with Crippen LogP contribution >= 0.6 is 0 Å². The van der Waals surface area contributed by atoms with Gasteiger partial charge in [0.25, 0.3) is 16.3 Å². The van der Waals surface area contributed by atoms with E-state index in [-0.39, 0.29) is 29.0 Å². The van der Waals surface area contributed by atoms with Crippen molar-refractivity contribution in [3.8, 4) is 16.9 Å². The molecule has 5 rings (SSSR count). The Balaban J connectivity index is 1.18. The van der Waals surface area contributed by atoms with Gasteiger partial charge in [0.2, 0.25) is 0 Å². The van der Waals surface area contributed by atoms with Crippen molar-refractivity contribution < 1.29 is 54.9 Å². The van der Waals surface area contributed by atoms with Gasteiger partial charge in [-0.05, 0) is 63.9 Å². The molecule has 1 N–H and O–H groups in total. The maximum Gasteiger partial charge on any atom is 0.511 e. The van der Waals surface area contributed by atoms with Crippen LogP contribution in [0.5, 0.6) is 0 Å². The fourth-order valence-electron chi connectivity index (χ4n) is 4.75. The number of aromatic nitrogens is 4. The van der Waals surface area contributed by atoms with Gasteiger partial charge in [0, 0.05) is 19.0 Å². The average molecular weight is 699 g/mol. The number of nitrogens with zero attached hydrogens (tertiary/aromatic N) is 5. The third-order valence-electron chi connectivity index (χ3n) is 7.02. The molecule has 19 heteroatoms. The molecule has 15 nitrogen and oxygen atoms in total. The van der Waals surface area contributed by atoms with Crippen LogP contribution in [0.25, 0.3) is 16.9 Å². The fraction of sp³-hybridized carbons (Fsp3) is 0.414. The minimum absolute atomic E-state index is 0.150. The van der Waals surface area contributed by atoms with Crippen molar-refractivity contribution in [2.45, 2.75) is 70.0 Å². The van der Waals surface area contributed by atoms with E-state index in [2.05, 4.69) is 5.10 Å². The maximum atomic E-state index is 13.5. The monoisotopic (exact) mass is 698 g/mol. The molecule has 4 aromatic rings. The molecule has 1 unspecified atom stereocenters. The van der Waals surface area contributed by atoms with Gasteiger partial charge >= 0.3 is 18.4 Å². The average Bonchev–Trinajstić information content (AvgIpc) is 3.36. The van der Waals surface area contributed by atoms with Gasteiger partial charge in [-0.15, -0.1) is 0 Å². The summed E-state index contributed by atoms with van der Waals surface area (Å²) in [6.07, 6.45) is -7.00. The molecule has 260 valence electrons. The molecule has 1 amide bonds. The molecule has 1 aliphatic rings. The van der Waals surface area contributed by atoms with Gasteiger partial charge in [0.1, 0.15) is 11.6 Å². The molecule has 0 spiro atoms. The molecule has 0 bridgehead atoms. The lowest BCUT2D eigenvalue weighted by molar-refractivity contribution is -0.141. The highest BCUT2D eigenvalue weighted by Gasteiger charge is 2.36. The van der Waals surface area contributed by atoms with E-state index in [0.29, 0.717) is 24.9 Å². The van der Waals surface area contributed by atoms with E-state index in [1.807, 2.05) is 11.6 Å². The first-order valence-electron chi connectivity index (χ1n) is 14.7. The molecule has 0 aliphatic carbocycles. The van der Waals surface area contributed by atoms with Crippen molar-refractivity contribution in [2.24, 2.45) is 0 Å². The third kappa shape index (κ3) is 8.25. The summed E-state index contributed by atoms with van der Waals surface area (Å²) in [4.78, 5) is 30.3. The van der Waals surface area contributed by atoms with E-state index >= 15 is 0 Å². The normalized spacial score (nSPS) is 15.8. The van der Waals surface area contributed by atoms with E-state index in [4.69, 9.17) is 23.7 Å². The van der Waals surface area contributed by atoms with Gasteiger partial charge < -0.3 is 19.0 Å². The highest BCUT2D eigenvalue weighted by atomic mass is 32.2. The summed E-state index contributed by atoms with van der Waals surface area (Å²) in [5.74, 6) is 0. The number of halogens is 3. The van der Waals surface area contributed by atoms with Crippen molar-refractivity contribution in [1.29, 1.82) is 0 Å².